The molecule has 1 saturated heterocycles. The van der Waals surface area contributed by atoms with Crippen LogP contribution in [0.15, 0.2) is 29.8 Å². The highest BCUT2D eigenvalue weighted by atomic mass is 19.1. The quantitative estimate of drug-likeness (QED) is 0.608. The number of amides is 2. The third-order valence-corrected chi connectivity index (χ3v) is 4.90. The second kappa shape index (κ2) is 6.78. The van der Waals surface area contributed by atoms with E-state index in [1.807, 2.05) is 6.92 Å². The van der Waals surface area contributed by atoms with Crippen molar-refractivity contribution in [3.8, 4) is 0 Å². The molecule has 1 aromatic rings. The molecule has 1 aromatic carbocycles. The van der Waals surface area contributed by atoms with Gasteiger partial charge in [-0.1, -0.05) is 25.5 Å². The maximum Gasteiger partial charge on any atom is 0.334 e. The van der Waals surface area contributed by atoms with Gasteiger partial charge in [-0.25, -0.2) is 9.18 Å². The average molecular weight is 345 g/mol. The van der Waals surface area contributed by atoms with Crippen LogP contribution >= 0.6 is 0 Å². The molecule has 0 unspecified atom stereocenters. The smallest absolute Gasteiger partial charge is 0.334 e. The van der Waals surface area contributed by atoms with Crippen LogP contribution in [0.4, 0.5) is 4.39 Å². The Kier molecular flexibility index (Phi) is 4.70. The normalized spacial score (nSPS) is 22.6. The number of likely N-dealkylation sites (tertiary alicyclic amines) is 1. The molecule has 0 aromatic heterocycles. The number of hydrogen-bond donors (Lipinski definition) is 0. The maximum atomic E-state index is 13.3. The van der Waals surface area contributed by atoms with Crippen LogP contribution in [-0.4, -0.2) is 36.3 Å². The van der Waals surface area contributed by atoms with Crippen molar-refractivity contribution >= 4 is 23.4 Å². The second-order valence-electron chi connectivity index (χ2n) is 6.36. The monoisotopic (exact) mass is 345 g/mol. The van der Waals surface area contributed by atoms with Crippen molar-refractivity contribution in [3.05, 3.63) is 41.2 Å². The van der Waals surface area contributed by atoms with Crippen LogP contribution < -0.4 is 0 Å². The van der Waals surface area contributed by atoms with Crippen LogP contribution in [0.2, 0.25) is 0 Å². The summed E-state index contributed by atoms with van der Waals surface area (Å²) in [5, 5.41) is 0. The summed E-state index contributed by atoms with van der Waals surface area (Å²) in [6, 6.07) is 5.62. The zero-order chi connectivity index (χ0) is 18.1. The Morgan fingerprint density at radius 2 is 1.92 bits per heavy atom. The van der Waals surface area contributed by atoms with Gasteiger partial charge in [-0.3, -0.25) is 14.5 Å². The summed E-state index contributed by atoms with van der Waals surface area (Å²) >= 11 is 0. The summed E-state index contributed by atoms with van der Waals surface area (Å²) < 4.78 is 18.1. The van der Waals surface area contributed by atoms with Gasteiger partial charge in [-0.05, 0) is 36.1 Å². The molecule has 0 radical (unpaired) electrons. The van der Waals surface area contributed by atoms with Crippen molar-refractivity contribution in [1.82, 2.24) is 4.90 Å². The van der Waals surface area contributed by atoms with Gasteiger partial charge < -0.3 is 4.74 Å². The van der Waals surface area contributed by atoms with Gasteiger partial charge in [-0.2, -0.15) is 0 Å². The first-order chi connectivity index (χ1) is 12.0. The molecule has 2 amide bonds. The van der Waals surface area contributed by atoms with E-state index in [-0.39, 0.29) is 18.2 Å². The van der Waals surface area contributed by atoms with Crippen molar-refractivity contribution in [3.63, 3.8) is 0 Å². The molecule has 0 spiro atoms. The highest BCUT2D eigenvalue weighted by Crippen LogP contribution is 2.48. The summed E-state index contributed by atoms with van der Waals surface area (Å²) in [6.07, 6.45) is 1.80. The number of fused-ring (bicyclic) bond motifs is 1. The van der Waals surface area contributed by atoms with Crippen LogP contribution in [0, 0.1) is 17.7 Å². The van der Waals surface area contributed by atoms with Crippen molar-refractivity contribution in [2.45, 2.75) is 26.2 Å². The number of unbranched alkanes of at least 4 members (excludes halogenated alkanes) is 1. The fourth-order valence-corrected chi connectivity index (χ4v) is 3.68. The molecule has 25 heavy (non-hydrogen) atoms. The van der Waals surface area contributed by atoms with E-state index in [2.05, 4.69) is 0 Å². The summed E-state index contributed by atoms with van der Waals surface area (Å²) in [6.45, 7) is 2.39. The molecular formula is C19H20FNO4. The summed E-state index contributed by atoms with van der Waals surface area (Å²) in [4.78, 5) is 39.0. The Morgan fingerprint density at radius 1 is 1.24 bits per heavy atom. The Balaban J connectivity index is 2.04. The third kappa shape index (κ3) is 2.86. The first-order valence-electron chi connectivity index (χ1n) is 8.42. The van der Waals surface area contributed by atoms with E-state index < -0.39 is 23.6 Å². The molecule has 5 nitrogen and oxygen atoms in total. The number of benzene rings is 1. The Bertz CT molecular complexity index is 753. The van der Waals surface area contributed by atoms with Gasteiger partial charge in [0, 0.05) is 12.1 Å². The summed E-state index contributed by atoms with van der Waals surface area (Å²) in [7, 11) is 1.27. The first-order valence-corrected chi connectivity index (χ1v) is 8.42. The van der Waals surface area contributed by atoms with Crippen LogP contribution in [-0.2, 0) is 19.1 Å². The number of hydrogen-bond acceptors (Lipinski definition) is 4. The van der Waals surface area contributed by atoms with Gasteiger partial charge in [-0.15, -0.1) is 0 Å². The number of nitrogens with zero attached hydrogens (tertiary/aromatic N) is 1. The minimum absolute atomic E-state index is 0.178. The Hall–Kier alpha value is -2.50. The molecule has 1 aliphatic carbocycles. The molecular weight excluding hydrogens is 325 g/mol. The highest BCUT2D eigenvalue weighted by molar-refractivity contribution is 6.16. The lowest BCUT2D eigenvalue weighted by molar-refractivity contribution is -0.139. The number of carbonyl (C=O) groups excluding carboxylic acids is 3. The minimum atomic E-state index is -0.691. The largest absolute Gasteiger partial charge is 0.466 e. The number of methoxy groups -OCH3 is 1. The predicted molar refractivity (Wildman–Crippen MR) is 88.6 cm³/mol. The molecule has 0 N–H and O–H groups in total. The predicted octanol–water partition coefficient (Wildman–Crippen LogP) is 2.56. The van der Waals surface area contributed by atoms with Gasteiger partial charge in [0.2, 0.25) is 11.8 Å². The minimum Gasteiger partial charge on any atom is -0.466 e. The van der Waals surface area contributed by atoms with Crippen LogP contribution in [0.5, 0.6) is 0 Å². The van der Waals surface area contributed by atoms with Gasteiger partial charge >= 0.3 is 5.97 Å². The van der Waals surface area contributed by atoms with Crippen molar-refractivity contribution in [2.24, 2.45) is 11.8 Å². The number of carbonyl (C=O) groups is 3. The van der Waals surface area contributed by atoms with E-state index in [1.165, 1.54) is 36.3 Å². The SMILES string of the molecule is CCCCN1C(=O)[C@@H]2C(c3ccc(F)cc3)=C(C(=O)OC)C[C@@H]2C1=O. The van der Waals surface area contributed by atoms with E-state index in [0.29, 0.717) is 23.3 Å². The fraction of sp³-hybridized carbons (Fsp3) is 0.421. The van der Waals surface area contributed by atoms with Gasteiger partial charge in [0.15, 0.2) is 0 Å². The Labute approximate surface area is 145 Å². The van der Waals surface area contributed by atoms with E-state index in [1.54, 1.807) is 0 Å². The Morgan fingerprint density at radius 3 is 2.52 bits per heavy atom. The molecule has 2 atom stereocenters. The maximum absolute atomic E-state index is 13.3. The number of rotatable bonds is 5. The third-order valence-electron chi connectivity index (χ3n) is 4.90. The van der Waals surface area contributed by atoms with Crippen LogP contribution in [0.3, 0.4) is 0 Å². The lowest BCUT2D eigenvalue weighted by Crippen LogP contribution is -2.33. The van der Waals surface area contributed by atoms with Crippen molar-refractivity contribution < 1.29 is 23.5 Å². The zero-order valence-electron chi connectivity index (χ0n) is 14.3. The molecule has 0 saturated carbocycles. The standard InChI is InChI=1S/C19H20FNO4/c1-3-4-9-21-17(22)13-10-14(19(24)25-2)15(16(13)18(21)23)11-5-7-12(20)8-6-11/h5-8,13,16H,3-4,9-10H2,1-2H3/t13-,16-/m0/s1. The zero-order valence-corrected chi connectivity index (χ0v) is 14.3. The van der Waals surface area contributed by atoms with Crippen molar-refractivity contribution in [2.75, 3.05) is 13.7 Å². The topological polar surface area (TPSA) is 63.7 Å². The van der Waals surface area contributed by atoms with Gasteiger partial charge in [0.25, 0.3) is 0 Å². The molecule has 2 aliphatic rings. The second-order valence-corrected chi connectivity index (χ2v) is 6.36. The number of ether oxygens (including phenoxy) is 1. The molecule has 3 rings (SSSR count). The first kappa shape index (κ1) is 17.3. The van der Waals surface area contributed by atoms with E-state index in [0.717, 1.165) is 12.8 Å². The fourth-order valence-electron chi connectivity index (χ4n) is 3.68. The van der Waals surface area contributed by atoms with Crippen LogP contribution in [0.1, 0.15) is 31.7 Å². The summed E-state index contributed by atoms with van der Waals surface area (Å²) in [5.41, 5.74) is 1.41. The van der Waals surface area contributed by atoms with Crippen molar-refractivity contribution in [1.29, 1.82) is 0 Å². The molecule has 1 heterocycles. The molecule has 0 bridgehead atoms. The molecule has 132 valence electrons. The van der Waals surface area contributed by atoms with E-state index in [9.17, 15) is 18.8 Å². The molecule has 6 heteroatoms. The highest BCUT2D eigenvalue weighted by Gasteiger charge is 2.54. The number of halogens is 1. The van der Waals surface area contributed by atoms with Gasteiger partial charge in [0.1, 0.15) is 5.82 Å². The number of esters is 1. The number of imide groups is 1. The molecule has 1 fully saturated rings. The van der Waals surface area contributed by atoms with Gasteiger partial charge in [0.05, 0.1) is 18.9 Å². The van der Waals surface area contributed by atoms with Crippen LogP contribution in [0.25, 0.3) is 5.57 Å². The average Bonchev–Trinajstić information content (AvgIpc) is 3.11. The van der Waals surface area contributed by atoms with E-state index in [4.69, 9.17) is 4.74 Å². The summed E-state index contributed by atoms with van der Waals surface area (Å²) in [5.74, 6) is -2.72. The lowest BCUT2D eigenvalue weighted by atomic mass is 9.89. The van der Waals surface area contributed by atoms with E-state index >= 15 is 0 Å². The molecule has 1 aliphatic heterocycles. The lowest BCUT2D eigenvalue weighted by Gasteiger charge is -2.17.